The van der Waals surface area contributed by atoms with Crippen LogP contribution in [0.2, 0.25) is 0 Å². The first-order chi connectivity index (χ1) is 14.5. The average Bonchev–Trinajstić information content (AvgIpc) is 2.72. The van der Waals surface area contributed by atoms with Gasteiger partial charge in [-0.05, 0) is 36.1 Å². The van der Waals surface area contributed by atoms with Crippen molar-refractivity contribution in [2.45, 2.75) is 38.8 Å². The quantitative estimate of drug-likeness (QED) is 0.743. The van der Waals surface area contributed by atoms with Gasteiger partial charge in [0.1, 0.15) is 5.54 Å². The van der Waals surface area contributed by atoms with E-state index in [0.29, 0.717) is 11.6 Å². The Bertz CT molecular complexity index is 1050. The molecule has 2 amide bonds. The van der Waals surface area contributed by atoms with Gasteiger partial charge in [-0.15, -0.1) is 0 Å². The van der Waals surface area contributed by atoms with Crippen LogP contribution in [0.5, 0.6) is 0 Å². The number of hydrogen-bond donors (Lipinski definition) is 1. The van der Waals surface area contributed by atoms with Gasteiger partial charge in [0, 0.05) is 18.8 Å². The fourth-order valence-corrected chi connectivity index (χ4v) is 4.61. The molecular formula is C23H29N3O4S. The number of carbonyl (C=O) groups excluding carboxylic acids is 2. The van der Waals surface area contributed by atoms with Gasteiger partial charge in [0.15, 0.2) is 0 Å². The number of nitrogens with one attached hydrogen (secondary N) is 1. The maximum absolute atomic E-state index is 13.3. The van der Waals surface area contributed by atoms with E-state index >= 15 is 0 Å². The van der Waals surface area contributed by atoms with Crippen molar-refractivity contribution in [3.8, 4) is 0 Å². The van der Waals surface area contributed by atoms with Gasteiger partial charge in [-0.3, -0.25) is 14.5 Å². The van der Waals surface area contributed by atoms with Gasteiger partial charge in [0.2, 0.25) is 21.8 Å². The number of rotatable bonds is 6. The first kappa shape index (κ1) is 23.0. The Morgan fingerprint density at radius 2 is 1.71 bits per heavy atom. The van der Waals surface area contributed by atoms with Crippen LogP contribution in [0.25, 0.3) is 0 Å². The van der Waals surface area contributed by atoms with Gasteiger partial charge in [-0.25, -0.2) is 8.42 Å². The number of piperazine rings is 1. The van der Waals surface area contributed by atoms with E-state index in [2.05, 4.69) is 19.2 Å². The molecule has 1 heterocycles. The monoisotopic (exact) mass is 443 g/mol. The van der Waals surface area contributed by atoms with Crippen molar-refractivity contribution in [3.05, 3.63) is 65.7 Å². The Balaban J connectivity index is 1.95. The Labute approximate surface area is 184 Å². The van der Waals surface area contributed by atoms with Crippen molar-refractivity contribution in [2.75, 3.05) is 24.2 Å². The highest BCUT2D eigenvalue weighted by Gasteiger charge is 2.50. The highest BCUT2D eigenvalue weighted by Crippen LogP contribution is 2.31. The molecule has 1 aliphatic heterocycles. The van der Waals surface area contributed by atoms with E-state index in [1.165, 1.54) is 4.90 Å². The lowest BCUT2D eigenvalue weighted by Gasteiger charge is -2.46. The Hall–Kier alpha value is -2.71. The maximum atomic E-state index is 13.3. The Morgan fingerprint density at radius 1 is 1.10 bits per heavy atom. The molecule has 1 fully saturated rings. The van der Waals surface area contributed by atoms with Crippen LogP contribution in [0.15, 0.2) is 54.6 Å². The van der Waals surface area contributed by atoms with E-state index in [9.17, 15) is 18.0 Å². The maximum Gasteiger partial charge on any atom is 0.247 e. The second kappa shape index (κ2) is 8.80. The first-order valence-electron chi connectivity index (χ1n) is 10.2. The minimum Gasteiger partial charge on any atom is -0.350 e. The van der Waals surface area contributed by atoms with Gasteiger partial charge in [-0.1, -0.05) is 56.3 Å². The molecule has 0 radical (unpaired) electrons. The van der Waals surface area contributed by atoms with Crippen LogP contribution in [0.1, 0.15) is 37.8 Å². The number of sulfonamides is 1. The molecule has 166 valence electrons. The summed E-state index contributed by atoms with van der Waals surface area (Å²) in [4.78, 5) is 27.9. The normalized spacial score (nSPS) is 20.2. The predicted molar refractivity (Wildman–Crippen MR) is 121 cm³/mol. The molecule has 0 spiro atoms. The summed E-state index contributed by atoms with van der Waals surface area (Å²) < 4.78 is 25.5. The van der Waals surface area contributed by atoms with Gasteiger partial charge < -0.3 is 5.32 Å². The molecule has 0 aromatic heterocycles. The number of benzene rings is 2. The van der Waals surface area contributed by atoms with Crippen LogP contribution in [0.3, 0.4) is 0 Å². The molecule has 1 saturated heterocycles. The van der Waals surface area contributed by atoms with Crippen LogP contribution in [-0.2, 0) is 26.2 Å². The van der Waals surface area contributed by atoms with E-state index in [-0.39, 0.29) is 19.6 Å². The third-order valence-corrected chi connectivity index (χ3v) is 6.81. The topological polar surface area (TPSA) is 86.8 Å². The standard InChI is InChI=1S/C23H29N3O4S/c1-17(2)19-10-12-20(13-11-19)26-21(27)15-25(31(4,29)30)16-23(26,3)22(28)24-14-18-8-6-5-7-9-18/h5-13,17H,14-16H2,1-4H3,(H,24,28)/t23-/m1/s1. The first-order valence-corrected chi connectivity index (χ1v) is 12.1. The van der Waals surface area contributed by atoms with Crippen molar-refractivity contribution >= 4 is 27.5 Å². The fourth-order valence-electron chi connectivity index (χ4n) is 3.78. The van der Waals surface area contributed by atoms with Gasteiger partial charge in [0.25, 0.3) is 0 Å². The van der Waals surface area contributed by atoms with Crippen molar-refractivity contribution < 1.29 is 18.0 Å². The molecule has 7 nitrogen and oxygen atoms in total. The molecule has 8 heteroatoms. The average molecular weight is 444 g/mol. The third-order valence-electron chi connectivity index (χ3n) is 5.61. The highest BCUT2D eigenvalue weighted by molar-refractivity contribution is 7.88. The molecular weight excluding hydrogens is 414 g/mol. The molecule has 1 N–H and O–H groups in total. The van der Waals surface area contributed by atoms with Gasteiger partial charge in [-0.2, -0.15) is 4.31 Å². The largest absolute Gasteiger partial charge is 0.350 e. The molecule has 0 unspecified atom stereocenters. The zero-order valence-corrected chi connectivity index (χ0v) is 19.1. The van der Waals surface area contributed by atoms with Crippen molar-refractivity contribution in [1.82, 2.24) is 9.62 Å². The molecule has 2 aromatic carbocycles. The number of hydrogen-bond acceptors (Lipinski definition) is 4. The molecule has 3 rings (SSSR count). The summed E-state index contributed by atoms with van der Waals surface area (Å²) >= 11 is 0. The summed E-state index contributed by atoms with van der Waals surface area (Å²) in [5, 5.41) is 2.88. The van der Waals surface area contributed by atoms with Crippen LogP contribution >= 0.6 is 0 Å². The fraction of sp³-hybridized carbons (Fsp3) is 0.391. The minimum absolute atomic E-state index is 0.121. The molecule has 0 aliphatic carbocycles. The second-order valence-corrected chi connectivity index (χ2v) is 10.4. The second-order valence-electron chi connectivity index (χ2n) is 8.45. The molecule has 0 saturated carbocycles. The zero-order valence-electron chi connectivity index (χ0n) is 18.3. The Kier molecular flexibility index (Phi) is 6.52. The van der Waals surface area contributed by atoms with Crippen LogP contribution < -0.4 is 10.2 Å². The van der Waals surface area contributed by atoms with Gasteiger partial charge >= 0.3 is 0 Å². The summed E-state index contributed by atoms with van der Waals surface area (Å²) in [5.74, 6) is -0.523. The number of carbonyl (C=O) groups is 2. The molecule has 1 atom stereocenters. The van der Waals surface area contributed by atoms with E-state index in [0.717, 1.165) is 21.7 Å². The highest BCUT2D eigenvalue weighted by atomic mass is 32.2. The van der Waals surface area contributed by atoms with E-state index in [1.54, 1.807) is 6.92 Å². The van der Waals surface area contributed by atoms with Crippen molar-refractivity contribution in [2.24, 2.45) is 0 Å². The number of anilines is 1. The molecule has 31 heavy (non-hydrogen) atoms. The van der Waals surface area contributed by atoms with Crippen LogP contribution in [-0.4, -0.2) is 49.4 Å². The lowest BCUT2D eigenvalue weighted by atomic mass is 9.93. The van der Waals surface area contributed by atoms with Crippen LogP contribution in [0.4, 0.5) is 5.69 Å². The SMILES string of the molecule is CC(C)c1ccc(N2C(=O)CN(S(C)(=O)=O)C[C@]2(C)C(=O)NCc2ccccc2)cc1. The van der Waals surface area contributed by atoms with Crippen molar-refractivity contribution in [1.29, 1.82) is 0 Å². The summed E-state index contributed by atoms with van der Waals surface area (Å²) in [6.45, 7) is 5.62. The zero-order chi connectivity index (χ0) is 22.8. The van der Waals surface area contributed by atoms with Gasteiger partial charge in [0.05, 0.1) is 12.8 Å². The summed E-state index contributed by atoms with van der Waals surface area (Å²) in [6.07, 6.45) is 1.05. The lowest BCUT2D eigenvalue weighted by Crippen LogP contribution is -2.70. The number of amides is 2. The summed E-state index contributed by atoms with van der Waals surface area (Å²) in [6, 6.07) is 16.9. The number of nitrogens with zero attached hydrogens (tertiary/aromatic N) is 2. The minimum atomic E-state index is -3.65. The third kappa shape index (κ3) is 4.97. The van der Waals surface area contributed by atoms with Crippen molar-refractivity contribution in [3.63, 3.8) is 0 Å². The lowest BCUT2D eigenvalue weighted by molar-refractivity contribution is -0.133. The smallest absolute Gasteiger partial charge is 0.247 e. The molecule has 1 aliphatic rings. The molecule has 0 bridgehead atoms. The summed E-state index contributed by atoms with van der Waals surface area (Å²) in [5.41, 5.74) is 1.20. The Morgan fingerprint density at radius 3 is 2.26 bits per heavy atom. The van der Waals surface area contributed by atoms with E-state index < -0.39 is 27.4 Å². The molecule has 2 aromatic rings. The van der Waals surface area contributed by atoms with Crippen LogP contribution in [0, 0.1) is 0 Å². The predicted octanol–water partition coefficient (Wildman–Crippen LogP) is 2.49. The summed E-state index contributed by atoms with van der Waals surface area (Å²) in [7, 11) is -3.65. The van der Waals surface area contributed by atoms with E-state index in [4.69, 9.17) is 0 Å². The van der Waals surface area contributed by atoms with E-state index in [1.807, 2.05) is 54.6 Å².